The normalized spacial score (nSPS) is 13.1. The molecule has 108 valence electrons. The fourth-order valence-corrected chi connectivity index (χ4v) is 2.10. The topological polar surface area (TPSA) is 59.3 Å². The molecule has 0 aliphatic rings. The number of benzene rings is 1. The summed E-state index contributed by atoms with van der Waals surface area (Å²) in [6.07, 6.45) is 2.17. The van der Waals surface area contributed by atoms with Crippen LogP contribution in [0.15, 0.2) is 24.3 Å². The lowest BCUT2D eigenvalue weighted by molar-refractivity contribution is -0.148. The van der Waals surface area contributed by atoms with E-state index in [-0.39, 0.29) is 6.61 Å². The molecule has 4 heteroatoms. The molecule has 20 heavy (non-hydrogen) atoms. The molecule has 0 aliphatic heterocycles. The van der Waals surface area contributed by atoms with Gasteiger partial charge in [0.2, 0.25) is 0 Å². The Bertz CT molecular complexity index is 475. The number of nitrogens with zero attached hydrogens (tertiary/aromatic N) is 1. The van der Waals surface area contributed by atoms with Crippen LogP contribution in [-0.4, -0.2) is 19.7 Å². The SMILES string of the molecule is CCCCC(C#N)(C(=O)OCC)c1ccc(OC)cc1. The third-order valence-corrected chi connectivity index (χ3v) is 3.30. The lowest BCUT2D eigenvalue weighted by Gasteiger charge is -2.25. The summed E-state index contributed by atoms with van der Waals surface area (Å²) in [5, 5.41) is 9.60. The molecule has 0 heterocycles. The number of ether oxygens (including phenoxy) is 2. The highest BCUT2D eigenvalue weighted by Gasteiger charge is 2.41. The molecule has 4 nitrogen and oxygen atoms in total. The molecule has 0 saturated heterocycles. The van der Waals surface area contributed by atoms with Crippen molar-refractivity contribution in [1.82, 2.24) is 0 Å². The van der Waals surface area contributed by atoms with Gasteiger partial charge in [0.15, 0.2) is 5.41 Å². The number of methoxy groups -OCH3 is 1. The van der Waals surface area contributed by atoms with Crippen molar-refractivity contribution < 1.29 is 14.3 Å². The van der Waals surface area contributed by atoms with E-state index < -0.39 is 11.4 Å². The van der Waals surface area contributed by atoms with Gasteiger partial charge in [0.05, 0.1) is 19.8 Å². The maximum atomic E-state index is 12.3. The van der Waals surface area contributed by atoms with E-state index in [0.717, 1.165) is 12.8 Å². The summed E-state index contributed by atoms with van der Waals surface area (Å²) in [6.45, 7) is 4.04. The summed E-state index contributed by atoms with van der Waals surface area (Å²) in [5.41, 5.74) is -0.564. The molecule has 0 spiro atoms. The number of carbonyl (C=O) groups is 1. The van der Waals surface area contributed by atoms with Crippen molar-refractivity contribution in [2.24, 2.45) is 0 Å². The van der Waals surface area contributed by atoms with Gasteiger partial charge in [-0.1, -0.05) is 31.9 Å². The van der Waals surface area contributed by atoms with Crippen LogP contribution in [0.3, 0.4) is 0 Å². The molecule has 1 aromatic rings. The van der Waals surface area contributed by atoms with Gasteiger partial charge in [-0.25, -0.2) is 4.79 Å². The average Bonchev–Trinajstić information content (AvgIpc) is 2.49. The van der Waals surface area contributed by atoms with Gasteiger partial charge in [0.1, 0.15) is 5.75 Å². The minimum absolute atomic E-state index is 0.268. The lowest BCUT2D eigenvalue weighted by Crippen LogP contribution is -2.36. The molecule has 0 aliphatic carbocycles. The van der Waals surface area contributed by atoms with Crippen LogP contribution in [0.25, 0.3) is 0 Å². The van der Waals surface area contributed by atoms with Gasteiger partial charge in [-0.2, -0.15) is 5.26 Å². The Morgan fingerprint density at radius 3 is 2.40 bits per heavy atom. The highest BCUT2D eigenvalue weighted by atomic mass is 16.5. The summed E-state index contributed by atoms with van der Waals surface area (Å²) in [4.78, 5) is 12.3. The summed E-state index contributed by atoms with van der Waals surface area (Å²) in [6, 6.07) is 9.20. The second kappa shape index (κ2) is 7.54. The lowest BCUT2D eigenvalue weighted by atomic mass is 9.77. The predicted octanol–water partition coefficient (Wildman–Crippen LogP) is 3.21. The Hall–Kier alpha value is -2.02. The molecule has 0 aromatic heterocycles. The number of esters is 1. The van der Waals surface area contributed by atoms with Gasteiger partial charge in [-0.15, -0.1) is 0 Å². The van der Waals surface area contributed by atoms with Crippen LogP contribution in [0.5, 0.6) is 5.75 Å². The first kappa shape index (κ1) is 16.0. The summed E-state index contributed by atoms with van der Waals surface area (Å²) in [7, 11) is 1.58. The zero-order chi connectivity index (χ0) is 15.0. The van der Waals surface area contributed by atoms with E-state index >= 15 is 0 Å². The van der Waals surface area contributed by atoms with Gasteiger partial charge in [-0.05, 0) is 31.0 Å². The first-order chi connectivity index (χ1) is 9.64. The van der Waals surface area contributed by atoms with E-state index in [9.17, 15) is 10.1 Å². The molecule has 0 radical (unpaired) electrons. The van der Waals surface area contributed by atoms with Crippen molar-refractivity contribution in [3.05, 3.63) is 29.8 Å². The molecular formula is C16H21NO3. The molecule has 1 rings (SSSR count). The van der Waals surface area contributed by atoms with Gasteiger partial charge in [0.25, 0.3) is 0 Å². The summed E-state index contributed by atoms with van der Waals surface area (Å²) >= 11 is 0. The fraction of sp³-hybridized carbons (Fsp3) is 0.500. The largest absolute Gasteiger partial charge is 0.497 e. The van der Waals surface area contributed by atoms with Crippen LogP contribution in [0.2, 0.25) is 0 Å². The molecule has 1 aromatic carbocycles. The number of carbonyl (C=O) groups excluding carboxylic acids is 1. The highest BCUT2D eigenvalue weighted by Crippen LogP contribution is 2.32. The number of hydrogen-bond acceptors (Lipinski definition) is 4. The van der Waals surface area contributed by atoms with E-state index in [2.05, 4.69) is 6.07 Å². The van der Waals surface area contributed by atoms with Crippen molar-refractivity contribution in [3.8, 4) is 11.8 Å². The molecule has 0 fully saturated rings. The summed E-state index contributed by atoms with van der Waals surface area (Å²) in [5.74, 6) is 0.223. The molecule has 0 amide bonds. The minimum Gasteiger partial charge on any atom is -0.497 e. The van der Waals surface area contributed by atoms with E-state index in [0.29, 0.717) is 17.7 Å². The second-order valence-electron chi connectivity index (χ2n) is 4.57. The maximum absolute atomic E-state index is 12.3. The first-order valence-corrected chi connectivity index (χ1v) is 6.87. The summed E-state index contributed by atoms with van der Waals surface area (Å²) < 4.78 is 10.2. The molecular weight excluding hydrogens is 254 g/mol. The average molecular weight is 275 g/mol. The first-order valence-electron chi connectivity index (χ1n) is 6.87. The molecule has 0 saturated carbocycles. The maximum Gasteiger partial charge on any atom is 0.331 e. The highest BCUT2D eigenvalue weighted by molar-refractivity contribution is 5.86. The number of hydrogen-bond donors (Lipinski definition) is 0. The Morgan fingerprint density at radius 2 is 1.95 bits per heavy atom. The van der Waals surface area contributed by atoms with E-state index in [4.69, 9.17) is 9.47 Å². The third-order valence-electron chi connectivity index (χ3n) is 3.30. The van der Waals surface area contributed by atoms with Crippen LogP contribution in [0.4, 0.5) is 0 Å². The van der Waals surface area contributed by atoms with E-state index in [1.165, 1.54) is 0 Å². The van der Waals surface area contributed by atoms with Crippen LogP contribution in [-0.2, 0) is 14.9 Å². The van der Waals surface area contributed by atoms with Crippen LogP contribution in [0, 0.1) is 11.3 Å². The van der Waals surface area contributed by atoms with E-state index in [1.54, 1.807) is 38.3 Å². The van der Waals surface area contributed by atoms with Crippen molar-refractivity contribution in [2.75, 3.05) is 13.7 Å². The van der Waals surface area contributed by atoms with Crippen LogP contribution < -0.4 is 4.74 Å². The smallest absolute Gasteiger partial charge is 0.331 e. The van der Waals surface area contributed by atoms with Crippen molar-refractivity contribution in [2.45, 2.75) is 38.5 Å². The molecule has 1 unspecified atom stereocenters. The van der Waals surface area contributed by atoms with Crippen molar-refractivity contribution in [1.29, 1.82) is 5.26 Å². The minimum atomic E-state index is -1.22. The van der Waals surface area contributed by atoms with Gasteiger partial charge in [0, 0.05) is 0 Å². The van der Waals surface area contributed by atoms with Crippen LogP contribution >= 0.6 is 0 Å². The quantitative estimate of drug-likeness (QED) is 0.717. The number of rotatable bonds is 7. The molecule has 1 atom stereocenters. The Labute approximate surface area is 120 Å². The Morgan fingerprint density at radius 1 is 1.30 bits per heavy atom. The van der Waals surface area contributed by atoms with Gasteiger partial charge in [-0.3, -0.25) is 0 Å². The van der Waals surface area contributed by atoms with Gasteiger partial charge >= 0.3 is 5.97 Å². The van der Waals surface area contributed by atoms with Crippen LogP contribution in [0.1, 0.15) is 38.7 Å². The Balaban J connectivity index is 3.19. The zero-order valence-electron chi connectivity index (χ0n) is 12.3. The third kappa shape index (κ3) is 3.30. The monoisotopic (exact) mass is 275 g/mol. The predicted molar refractivity (Wildman–Crippen MR) is 76.4 cm³/mol. The fourth-order valence-electron chi connectivity index (χ4n) is 2.10. The number of nitriles is 1. The van der Waals surface area contributed by atoms with Gasteiger partial charge < -0.3 is 9.47 Å². The number of unbranched alkanes of at least 4 members (excludes halogenated alkanes) is 1. The van der Waals surface area contributed by atoms with Crippen molar-refractivity contribution in [3.63, 3.8) is 0 Å². The zero-order valence-corrected chi connectivity index (χ0v) is 12.3. The second-order valence-corrected chi connectivity index (χ2v) is 4.57. The Kier molecular flexibility index (Phi) is 6.05. The molecule has 0 N–H and O–H groups in total. The molecule has 0 bridgehead atoms. The van der Waals surface area contributed by atoms with E-state index in [1.807, 2.05) is 6.92 Å². The standard InChI is InChI=1S/C16H21NO3/c1-4-6-11-16(12-17,15(18)20-5-2)13-7-9-14(19-3)10-8-13/h7-10H,4-6,11H2,1-3H3. The van der Waals surface area contributed by atoms with Crippen molar-refractivity contribution >= 4 is 5.97 Å².